The Morgan fingerprint density at radius 1 is 1.05 bits per heavy atom. The van der Waals surface area contributed by atoms with Gasteiger partial charge in [0.25, 0.3) is 0 Å². The van der Waals surface area contributed by atoms with Gasteiger partial charge in [-0.15, -0.1) is 0 Å². The van der Waals surface area contributed by atoms with Gasteiger partial charge in [0.05, 0.1) is 6.54 Å². The third-order valence-corrected chi connectivity index (χ3v) is 3.69. The van der Waals surface area contributed by atoms with Gasteiger partial charge in [-0.05, 0) is 37.7 Å². The molecule has 0 amide bonds. The third-order valence-electron chi connectivity index (χ3n) is 3.69. The van der Waals surface area contributed by atoms with Crippen LogP contribution in [-0.4, -0.2) is 49.0 Å². The first kappa shape index (κ1) is 14.8. The van der Waals surface area contributed by atoms with Gasteiger partial charge >= 0.3 is 0 Å². The predicted octanol–water partition coefficient (Wildman–Crippen LogP) is 0.598. The van der Waals surface area contributed by atoms with Gasteiger partial charge in [-0.25, -0.2) is 4.99 Å². The van der Waals surface area contributed by atoms with Gasteiger partial charge < -0.3 is 16.4 Å². The highest BCUT2D eigenvalue weighted by molar-refractivity contribution is 5.75. The molecule has 5 heteroatoms. The summed E-state index contributed by atoms with van der Waals surface area (Å²) < 4.78 is 0. The fraction of sp³-hybridized carbons (Fsp3) is 0.533. The van der Waals surface area contributed by atoms with Gasteiger partial charge in [0.2, 0.25) is 0 Å². The Hall–Kier alpha value is -1.59. The summed E-state index contributed by atoms with van der Waals surface area (Å²) in [7, 11) is 2.20. The maximum absolute atomic E-state index is 5.34. The molecule has 1 fully saturated rings. The molecule has 0 spiro atoms. The minimum atomic E-state index is 0.141. The van der Waals surface area contributed by atoms with Crippen LogP contribution >= 0.6 is 0 Å². The van der Waals surface area contributed by atoms with Crippen LogP contribution in [0.1, 0.15) is 17.5 Å². The van der Waals surface area contributed by atoms with E-state index in [1.54, 1.807) is 0 Å². The van der Waals surface area contributed by atoms with Crippen LogP contribution < -0.4 is 11.5 Å². The Morgan fingerprint density at radius 3 is 2.45 bits per heavy atom. The van der Waals surface area contributed by atoms with E-state index in [-0.39, 0.29) is 5.96 Å². The lowest BCUT2D eigenvalue weighted by Gasteiger charge is -2.20. The summed E-state index contributed by atoms with van der Waals surface area (Å²) >= 11 is 0. The Kier molecular flexibility index (Phi) is 5.38. The predicted molar refractivity (Wildman–Crippen MR) is 83.3 cm³/mol. The molecule has 0 unspecified atom stereocenters. The Balaban J connectivity index is 1.88. The standard InChI is InChI=1S/C15H25N5/c1-19-7-2-8-20(10-9-19)12-14-5-3-13(4-6-14)11-18-15(16)17/h3-6H,2,7-12H2,1H3,(H4,16,17,18). The second-order valence-corrected chi connectivity index (χ2v) is 5.49. The van der Waals surface area contributed by atoms with Gasteiger partial charge in [0.1, 0.15) is 0 Å². The van der Waals surface area contributed by atoms with Gasteiger partial charge in [-0.3, -0.25) is 4.90 Å². The topological polar surface area (TPSA) is 70.9 Å². The van der Waals surface area contributed by atoms with Gasteiger partial charge in [-0.2, -0.15) is 0 Å². The maximum Gasteiger partial charge on any atom is 0.186 e. The highest BCUT2D eigenvalue weighted by atomic mass is 15.2. The smallest absolute Gasteiger partial charge is 0.186 e. The van der Waals surface area contributed by atoms with E-state index in [9.17, 15) is 0 Å². The normalized spacial score (nSPS) is 17.6. The van der Waals surface area contributed by atoms with Gasteiger partial charge in [0.15, 0.2) is 5.96 Å². The first-order chi connectivity index (χ1) is 9.63. The number of benzene rings is 1. The number of aliphatic imine (C=N–C) groups is 1. The first-order valence-corrected chi connectivity index (χ1v) is 7.17. The molecule has 1 heterocycles. The molecule has 0 radical (unpaired) electrons. The zero-order chi connectivity index (χ0) is 14.4. The number of rotatable bonds is 4. The van der Waals surface area contributed by atoms with E-state index < -0.39 is 0 Å². The summed E-state index contributed by atoms with van der Waals surface area (Å²) in [5.74, 6) is 0.141. The molecule has 2 rings (SSSR count). The Labute approximate surface area is 121 Å². The number of likely N-dealkylation sites (N-methyl/N-ethyl adjacent to an activating group) is 1. The molecular weight excluding hydrogens is 250 g/mol. The van der Waals surface area contributed by atoms with E-state index in [1.807, 2.05) is 0 Å². The number of hydrogen-bond donors (Lipinski definition) is 2. The van der Waals surface area contributed by atoms with Crippen LogP contribution in [0.4, 0.5) is 0 Å². The molecule has 1 aliphatic heterocycles. The summed E-state index contributed by atoms with van der Waals surface area (Å²) in [6, 6.07) is 8.55. The van der Waals surface area contributed by atoms with E-state index in [4.69, 9.17) is 11.5 Å². The van der Waals surface area contributed by atoms with Crippen molar-refractivity contribution in [2.24, 2.45) is 16.5 Å². The van der Waals surface area contributed by atoms with Crippen molar-refractivity contribution in [2.45, 2.75) is 19.5 Å². The average Bonchev–Trinajstić information content (AvgIpc) is 2.63. The molecule has 0 bridgehead atoms. The second-order valence-electron chi connectivity index (χ2n) is 5.49. The van der Waals surface area contributed by atoms with Crippen LogP contribution in [0.15, 0.2) is 29.3 Å². The Morgan fingerprint density at radius 2 is 1.75 bits per heavy atom. The number of nitrogens with two attached hydrogens (primary N) is 2. The highest BCUT2D eigenvalue weighted by Crippen LogP contribution is 2.10. The minimum absolute atomic E-state index is 0.141. The van der Waals surface area contributed by atoms with Gasteiger partial charge in [-0.1, -0.05) is 24.3 Å². The van der Waals surface area contributed by atoms with E-state index in [2.05, 4.69) is 46.1 Å². The number of guanidine groups is 1. The number of hydrogen-bond acceptors (Lipinski definition) is 3. The van der Waals surface area contributed by atoms with Crippen LogP contribution in [-0.2, 0) is 13.1 Å². The average molecular weight is 275 g/mol. The summed E-state index contributed by atoms with van der Waals surface area (Å²) in [5, 5.41) is 0. The lowest BCUT2D eigenvalue weighted by molar-refractivity contribution is 0.269. The largest absolute Gasteiger partial charge is 0.370 e. The second kappa shape index (κ2) is 7.26. The minimum Gasteiger partial charge on any atom is -0.370 e. The van der Waals surface area contributed by atoms with E-state index in [0.717, 1.165) is 25.2 Å². The van der Waals surface area contributed by atoms with Crippen molar-refractivity contribution in [1.82, 2.24) is 9.80 Å². The van der Waals surface area contributed by atoms with Crippen LogP contribution in [0.25, 0.3) is 0 Å². The van der Waals surface area contributed by atoms with Crippen molar-refractivity contribution < 1.29 is 0 Å². The van der Waals surface area contributed by atoms with E-state index in [0.29, 0.717) is 6.54 Å². The van der Waals surface area contributed by atoms with Crippen molar-refractivity contribution in [1.29, 1.82) is 0 Å². The molecule has 1 aromatic rings. The van der Waals surface area contributed by atoms with E-state index in [1.165, 1.54) is 25.1 Å². The monoisotopic (exact) mass is 275 g/mol. The maximum atomic E-state index is 5.34. The van der Waals surface area contributed by atoms with Crippen LogP contribution in [0.5, 0.6) is 0 Å². The molecule has 0 saturated carbocycles. The highest BCUT2D eigenvalue weighted by Gasteiger charge is 2.11. The lowest BCUT2D eigenvalue weighted by Crippen LogP contribution is -2.28. The van der Waals surface area contributed by atoms with Crippen LogP contribution in [0, 0.1) is 0 Å². The molecular formula is C15H25N5. The van der Waals surface area contributed by atoms with Crippen molar-refractivity contribution in [3.8, 4) is 0 Å². The molecule has 5 nitrogen and oxygen atoms in total. The molecule has 4 N–H and O–H groups in total. The molecule has 0 aromatic heterocycles. The van der Waals surface area contributed by atoms with Crippen molar-refractivity contribution >= 4 is 5.96 Å². The Bertz CT molecular complexity index is 436. The summed E-state index contributed by atoms with van der Waals surface area (Å²) in [6.45, 7) is 6.26. The first-order valence-electron chi connectivity index (χ1n) is 7.17. The summed E-state index contributed by atoms with van der Waals surface area (Å²) in [4.78, 5) is 8.94. The van der Waals surface area contributed by atoms with Crippen molar-refractivity contribution in [3.05, 3.63) is 35.4 Å². The molecule has 110 valence electrons. The molecule has 1 aliphatic rings. The zero-order valence-corrected chi connectivity index (χ0v) is 12.3. The van der Waals surface area contributed by atoms with E-state index >= 15 is 0 Å². The molecule has 1 aromatic carbocycles. The lowest BCUT2D eigenvalue weighted by atomic mass is 10.1. The molecule has 20 heavy (non-hydrogen) atoms. The van der Waals surface area contributed by atoms with Crippen molar-refractivity contribution in [2.75, 3.05) is 33.2 Å². The quantitative estimate of drug-likeness (QED) is 0.623. The third kappa shape index (κ3) is 4.83. The van der Waals surface area contributed by atoms with Crippen molar-refractivity contribution in [3.63, 3.8) is 0 Å². The fourth-order valence-electron chi connectivity index (χ4n) is 2.45. The van der Waals surface area contributed by atoms with Crippen LogP contribution in [0.3, 0.4) is 0 Å². The SMILES string of the molecule is CN1CCCN(Cc2ccc(CN=C(N)N)cc2)CC1. The molecule has 1 saturated heterocycles. The van der Waals surface area contributed by atoms with Gasteiger partial charge in [0, 0.05) is 19.6 Å². The van der Waals surface area contributed by atoms with Crippen LogP contribution in [0.2, 0.25) is 0 Å². The fourth-order valence-corrected chi connectivity index (χ4v) is 2.45. The zero-order valence-electron chi connectivity index (χ0n) is 12.3. The summed E-state index contributed by atoms with van der Waals surface area (Å²) in [6.07, 6.45) is 1.25. The summed E-state index contributed by atoms with van der Waals surface area (Å²) in [5.41, 5.74) is 13.2. The molecule has 0 aliphatic carbocycles. The molecule has 0 atom stereocenters. The number of nitrogens with zero attached hydrogens (tertiary/aromatic N) is 3.